The molecule has 0 saturated heterocycles. The number of benzene rings is 1. The number of amides is 1. The van der Waals surface area contributed by atoms with E-state index in [1.165, 1.54) is 6.92 Å². The Morgan fingerprint density at radius 2 is 2.05 bits per heavy atom. The van der Waals surface area contributed by atoms with Crippen LogP contribution < -0.4 is 15.8 Å². The molecule has 118 valence electrons. The van der Waals surface area contributed by atoms with Crippen molar-refractivity contribution in [3.05, 3.63) is 29.3 Å². The topological polar surface area (TPSA) is 81.4 Å². The van der Waals surface area contributed by atoms with Gasteiger partial charge in [-0.3, -0.25) is 9.59 Å². The van der Waals surface area contributed by atoms with E-state index in [-0.39, 0.29) is 36.6 Å². The molecule has 3 N–H and O–H groups in total. The van der Waals surface area contributed by atoms with Crippen molar-refractivity contribution >= 4 is 24.1 Å². The van der Waals surface area contributed by atoms with Crippen molar-refractivity contribution in [3.8, 4) is 5.75 Å². The Kier molecular flexibility index (Phi) is 8.66. The summed E-state index contributed by atoms with van der Waals surface area (Å²) in [7, 11) is 1.54. The van der Waals surface area contributed by atoms with Gasteiger partial charge in [-0.25, -0.2) is 0 Å². The molecule has 1 atom stereocenters. The van der Waals surface area contributed by atoms with Gasteiger partial charge in [-0.2, -0.15) is 0 Å². The standard InChI is InChI=1S/C15H22N2O3.ClH/c1-10(16)6-7-17-15(19)9-13-8-12(11(2)18)4-5-14(13)20-3;/h4-5,8,10H,6-7,9,16H2,1-3H3,(H,17,19);1H. The molecule has 0 saturated carbocycles. The maximum Gasteiger partial charge on any atom is 0.224 e. The van der Waals surface area contributed by atoms with Crippen molar-refractivity contribution in [2.24, 2.45) is 5.73 Å². The molecule has 1 unspecified atom stereocenters. The highest BCUT2D eigenvalue weighted by Crippen LogP contribution is 2.20. The lowest BCUT2D eigenvalue weighted by Crippen LogP contribution is -2.30. The number of hydrogen-bond acceptors (Lipinski definition) is 4. The van der Waals surface area contributed by atoms with Crippen LogP contribution in [-0.2, 0) is 11.2 Å². The number of carbonyl (C=O) groups excluding carboxylic acids is 2. The van der Waals surface area contributed by atoms with Gasteiger partial charge in [0.05, 0.1) is 13.5 Å². The summed E-state index contributed by atoms with van der Waals surface area (Å²) in [5.41, 5.74) is 6.90. The smallest absolute Gasteiger partial charge is 0.224 e. The van der Waals surface area contributed by atoms with Gasteiger partial charge in [0.1, 0.15) is 5.75 Å². The van der Waals surface area contributed by atoms with Crippen molar-refractivity contribution in [2.75, 3.05) is 13.7 Å². The highest BCUT2D eigenvalue weighted by molar-refractivity contribution is 5.94. The number of nitrogens with one attached hydrogen (secondary N) is 1. The molecule has 0 aliphatic rings. The third kappa shape index (κ3) is 6.60. The molecule has 1 amide bonds. The van der Waals surface area contributed by atoms with Gasteiger partial charge in [0.15, 0.2) is 5.78 Å². The lowest BCUT2D eigenvalue weighted by molar-refractivity contribution is -0.120. The number of Topliss-reactive ketones (excluding diaryl/α,β-unsaturated/α-hetero) is 1. The minimum atomic E-state index is -0.107. The van der Waals surface area contributed by atoms with Crippen LogP contribution in [0.3, 0.4) is 0 Å². The fraction of sp³-hybridized carbons (Fsp3) is 0.467. The summed E-state index contributed by atoms with van der Waals surface area (Å²) in [6.07, 6.45) is 0.916. The molecule has 5 nitrogen and oxygen atoms in total. The number of methoxy groups -OCH3 is 1. The Morgan fingerprint density at radius 3 is 2.57 bits per heavy atom. The summed E-state index contributed by atoms with van der Waals surface area (Å²) >= 11 is 0. The van der Waals surface area contributed by atoms with Gasteiger partial charge in [-0.1, -0.05) is 0 Å². The van der Waals surface area contributed by atoms with Gasteiger partial charge in [0.25, 0.3) is 0 Å². The van der Waals surface area contributed by atoms with E-state index >= 15 is 0 Å². The predicted octanol–water partition coefficient (Wildman–Crippen LogP) is 1.72. The molecule has 0 aliphatic carbocycles. The normalized spacial score (nSPS) is 11.2. The van der Waals surface area contributed by atoms with E-state index in [9.17, 15) is 9.59 Å². The van der Waals surface area contributed by atoms with Crippen molar-refractivity contribution in [1.82, 2.24) is 5.32 Å². The number of ketones is 1. The number of rotatable bonds is 7. The average molecular weight is 315 g/mol. The van der Waals surface area contributed by atoms with Gasteiger partial charge in [0, 0.05) is 23.7 Å². The minimum Gasteiger partial charge on any atom is -0.496 e. The van der Waals surface area contributed by atoms with E-state index in [4.69, 9.17) is 10.5 Å². The summed E-state index contributed by atoms with van der Waals surface area (Å²) in [5, 5.41) is 2.80. The summed E-state index contributed by atoms with van der Waals surface area (Å²) in [6, 6.07) is 5.16. The van der Waals surface area contributed by atoms with Crippen LogP contribution in [-0.4, -0.2) is 31.4 Å². The molecule has 0 aliphatic heterocycles. The lowest BCUT2D eigenvalue weighted by Gasteiger charge is -2.11. The lowest BCUT2D eigenvalue weighted by atomic mass is 10.0. The zero-order chi connectivity index (χ0) is 15.1. The summed E-state index contributed by atoms with van der Waals surface area (Å²) in [6.45, 7) is 3.94. The number of carbonyl (C=O) groups is 2. The summed E-state index contributed by atoms with van der Waals surface area (Å²) in [4.78, 5) is 23.2. The van der Waals surface area contributed by atoms with Crippen LogP contribution in [0.15, 0.2) is 18.2 Å². The molecular formula is C15H23ClN2O3. The summed E-state index contributed by atoms with van der Waals surface area (Å²) in [5.74, 6) is 0.466. The first-order valence-corrected chi connectivity index (χ1v) is 6.64. The van der Waals surface area contributed by atoms with Crippen LogP contribution in [0.25, 0.3) is 0 Å². The van der Waals surface area contributed by atoms with Crippen LogP contribution in [0.1, 0.15) is 36.2 Å². The van der Waals surface area contributed by atoms with Gasteiger partial charge >= 0.3 is 0 Å². The van der Waals surface area contributed by atoms with E-state index < -0.39 is 0 Å². The zero-order valence-electron chi connectivity index (χ0n) is 12.6. The first-order valence-electron chi connectivity index (χ1n) is 6.64. The SMILES string of the molecule is COc1ccc(C(C)=O)cc1CC(=O)NCCC(C)N.Cl. The molecule has 1 rings (SSSR count). The van der Waals surface area contributed by atoms with Gasteiger partial charge in [-0.15, -0.1) is 12.4 Å². The first-order chi connectivity index (χ1) is 9.43. The van der Waals surface area contributed by atoms with Crippen LogP contribution in [0.5, 0.6) is 5.75 Å². The molecule has 0 heterocycles. The second-order valence-electron chi connectivity index (χ2n) is 4.88. The fourth-order valence-electron chi connectivity index (χ4n) is 1.81. The van der Waals surface area contributed by atoms with E-state index in [1.54, 1.807) is 25.3 Å². The van der Waals surface area contributed by atoms with Crippen LogP contribution in [0, 0.1) is 0 Å². The molecule has 6 heteroatoms. The van der Waals surface area contributed by atoms with E-state index in [1.807, 2.05) is 6.92 Å². The molecule has 0 bridgehead atoms. The third-order valence-corrected chi connectivity index (χ3v) is 2.96. The largest absolute Gasteiger partial charge is 0.496 e. The summed E-state index contributed by atoms with van der Waals surface area (Å²) < 4.78 is 5.21. The zero-order valence-corrected chi connectivity index (χ0v) is 13.5. The van der Waals surface area contributed by atoms with Gasteiger partial charge in [-0.05, 0) is 38.5 Å². The predicted molar refractivity (Wildman–Crippen MR) is 85.2 cm³/mol. The minimum absolute atomic E-state index is 0. The Bertz CT molecular complexity index is 490. The third-order valence-electron chi connectivity index (χ3n) is 2.96. The number of ether oxygens (including phenoxy) is 1. The maximum absolute atomic E-state index is 11.9. The molecule has 0 fully saturated rings. The monoisotopic (exact) mass is 314 g/mol. The fourth-order valence-corrected chi connectivity index (χ4v) is 1.81. The molecule has 21 heavy (non-hydrogen) atoms. The first kappa shape index (κ1) is 19.4. The van der Waals surface area contributed by atoms with Gasteiger partial charge < -0.3 is 15.8 Å². The van der Waals surface area contributed by atoms with E-state index in [2.05, 4.69) is 5.32 Å². The quantitative estimate of drug-likeness (QED) is 0.751. The van der Waals surface area contributed by atoms with Crippen LogP contribution >= 0.6 is 12.4 Å². The van der Waals surface area contributed by atoms with Crippen LogP contribution in [0.4, 0.5) is 0 Å². The molecular weight excluding hydrogens is 292 g/mol. The Hall–Kier alpha value is -1.59. The van der Waals surface area contributed by atoms with Gasteiger partial charge in [0.2, 0.25) is 5.91 Å². The highest BCUT2D eigenvalue weighted by Gasteiger charge is 2.11. The van der Waals surface area contributed by atoms with Crippen molar-refractivity contribution in [2.45, 2.75) is 32.7 Å². The van der Waals surface area contributed by atoms with E-state index in [0.717, 1.165) is 6.42 Å². The molecule has 0 spiro atoms. The van der Waals surface area contributed by atoms with Crippen molar-refractivity contribution in [3.63, 3.8) is 0 Å². The molecule has 1 aromatic rings. The molecule has 0 aromatic heterocycles. The Balaban J connectivity index is 0.00000400. The number of nitrogens with two attached hydrogens (primary N) is 1. The van der Waals surface area contributed by atoms with Crippen LogP contribution in [0.2, 0.25) is 0 Å². The Morgan fingerprint density at radius 1 is 1.38 bits per heavy atom. The maximum atomic E-state index is 11.9. The Labute approximate surface area is 131 Å². The molecule has 0 radical (unpaired) electrons. The van der Waals surface area contributed by atoms with E-state index in [0.29, 0.717) is 23.4 Å². The number of halogens is 1. The molecule has 1 aromatic carbocycles. The van der Waals surface area contributed by atoms with Crippen molar-refractivity contribution in [1.29, 1.82) is 0 Å². The second kappa shape index (κ2) is 9.37. The second-order valence-corrected chi connectivity index (χ2v) is 4.88. The highest BCUT2D eigenvalue weighted by atomic mass is 35.5. The average Bonchev–Trinajstić information content (AvgIpc) is 2.38. The number of hydrogen-bond donors (Lipinski definition) is 2. The van der Waals surface area contributed by atoms with Crippen molar-refractivity contribution < 1.29 is 14.3 Å².